The van der Waals surface area contributed by atoms with Crippen LogP contribution in [0.15, 0.2) is 0 Å². The van der Waals surface area contributed by atoms with Gasteiger partial charge in [0, 0.05) is 36.5 Å². The summed E-state index contributed by atoms with van der Waals surface area (Å²) in [5, 5.41) is 15.4. The molecule has 0 spiro atoms. The average Bonchev–Trinajstić information content (AvgIpc) is 3.10. The molecule has 0 amide bonds. The molecule has 0 radical (unpaired) electrons. The van der Waals surface area contributed by atoms with Crippen molar-refractivity contribution in [2.24, 2.45) is 0 Å². The van der Waals surface area contributed by atoms with Crippen molar-refractivity contribution >= 4 is 16.7 Å². The molecule has 1 saturated heterocycles. The van der Waals surface area contributed by atoms with Crippen molar-refractivity contribution in [1.29, 1.82) is 0 Å². The highest BCUT2D eigenvalue weighted by Gasteiger charge is 2.26. The first kappa shape index (κ1) is 12.5. The molecule has 0 saturated carbocycles. The summed E-state index contributed by atoms with van der Waals surface area (Å²) in [4.78, 5) is 6.90. The standard InChI is InChI=1S/C11H17N7S/c1-7(2)9-12-11(19-15-9)18-5-3-4-8(6-18)10-13-16-17-14-10/h7-8H,3-6H2,1-2H3,(H,13,14,16,17). The van der Waals surface area contributed by atoms with E-state index in [-0.39, 0.29) is 0 Å². The first-order chi connectivity index (χ1) is 9.24. The molecule has 1 N–H and O–H groups in total. The second-order valence-electron chi connectivity index (χ2n) is 5.15. The first-order valence-corrected chi connectivity index (χ1v) is 7.33. The van der Waals surface area contributed by atoms with Gasteiger partial charge in [-0.1, -0.05) is 19.1 Å². The lowest BCUT2D eigenvalue weighted by atomic mass is 9.98. The van der Waals surface area contributed by atoms with E-state index in [2.05, 4.69) is 48.7 Å². The predicted molar refractivity (Wildman–Crippen MR) is 72.4 cm³/mol. The van der Waals surface area contributed by atoms with Crippen LogP contribution < -0.4 is 4.90 Å². The van der Waals surface area contributed by atoms with Crippen LogP contribution in [0.1, 0.15) is 50.2 Å². The number of aromatic nitrogens is 6. The monoisotopic (exact) mass is 279 g/mol. The van der Waals surface area contributed by atoms with Gasteiger partial charge in [0.1, 0.15) is 5.82 Å². The maximum Gasteiger partial charge on any atom is 0.205 e. The topological polar surface area (TPSA) is 83.5 Å². The molecule has 3 rings (SSSR count). The van der Waals surface area contributed by atoms with E-state index in [9.17, 15) is 0 Å². The van der Waals surface area contributed by atoms with Gasteiger partial charge in [0.2, 0.25) is 5.13 Å². The van der Waals surface area contributed by atoms with Gasteiger partial charge >= 0.3 is 0 Å². The van der Waals surface area contributed by atoms with E-state index in [1.807, 2.05) is 0 Å². The van der Waals surface area contributed by atoms with Crippen LogP contribution in [0.5, 0.6) is 0 Å². The maximum atomic E-state index is 4.62. The van der Waals surface area contributed by atoms with E-state index in [1.165, 1.54) is 11.5 Å². The number of tetrazole rings is 1. The second kappa shape index (κ2) is 5.20. The third-order valence-electron chi connectivity index (χ3n) is 3.37. The van der Waals surface area contributed by atoms with E-state index in [0.717, 1.165) is 42.7 Å². The zero-order valence-corrected chi connectivity index (χ0v) is 11.9. The van der Waals surface area contributed by atoms with Crippen molar-refractivity contribution in [1.82, 2.24) is 30.0 Å². The summed E-state index contributed by atoms with van der Waals surface area (Å²) in [7, 11) is 0. The van der Waals surface area contributed by atoms with Crippen molar-refractivity contribution in [3.8, 4) is 0 Å². The van der Waals surface area contributed by atoms with Gasteiger partial charge in [0.15, 0.2) is 5.82 Å². The molecule has 2 aromatic heterocycles. The lowest BCUT2D eigenvalue weighted by molar-refractivity contribution is 0.491. The number of nitrogens with zero attached hydrogens (tertiary/aromatic N) is 6. The molecule has 1 aliphatic heterocycles. The minimum Gasteiger partial charge on any atom is -0.346 e. The number of H-pyrrole nitrogens is 1. The first-order valence-electron chi connectivity index (χ1n) is 6.56. The minimum atomic E-state index is 0.332. The average molecular weight is 279 g/mol. The summed E-state index contributed by atoms with van der Waals surface area (Å²) >= 11 is 1.48. The van der Waals surface area contributed by atoms with Crippen LogP contribution in [0.2, 0.25) is 0 Å². The Morgan fingerprint density at radius 1 is 1.42 bits per heavy atom. The molecule has 2 aromatic rings. The molecular weight excluding hydrogens is 262 g/mol. The van der Waals surface area contributed by atoms with Crippen molar-refractivity contribution < 1.29 is 0 Å². The summed E-state index contributed by atoms with van der Waals surface area (Å²) in [5.74, 6) is 2.45. The van der Waals surface area contributed by atoms with Crippen LogP contribution in [0.4, 0.5) is 5.13 Å². The molecule has 102 valence electrons. The minimum absolute atomic E-state index is 0.332. The van der Waals surface area contributed by atoms with Gasteiger partial charge in [0.05, 0.1) is 0 Å². The lowest BCUT2D eigenvalue weighted by Crippen LogP contribution is -2.34. The Labute approximate surface area is 115 Å². The van der Waals surface area contributed by atoms with E-state index in [1.54, 1.807) is 0 Å². The van der Waals surface area contributed by atoms with Gasteiger partial charge < -0.3 is 4.90 Å². The number of piperidine rings is 1. The van der Waals surface area contributed by atoms with E-state index in [0.29, 0.717) is 11.8 Å². The molecule has 0 bridgehead atoms. The molecule has 1 fully saturated rings. The summed E-state index contributed by atoms with van der Waals surface area (Å²) in [6.07, 6.45) is 2.22. The number of hydrogen-bond acceptors (Lipinski definition) is 7. The normalized spacial score (nSPS) is 20.2. The Morgan fingerprint density at radius 3 is 3.00 bits per heavy atom. The largest absolute Gasteiger partial charge is 0.346 e. The van der Waals surface area contributed by atoms with Crippen molar-refractivity contribution in [2.75, 3.05) is 18.0 Å². The van der Waals surface area contributed by atoms with Crippen molar-refractivity contribution in [3.05, 3.63) is 11.6 Å². The molecule has 1 atom stereocenters. The summed E-state index contributed by atoms with van der Waals surface area (Å²) < 4.78 is 4.42. The quantitative estimate of drug-likeness (QED) is 0.918. The van der Waals surface area contributed by atoms with Crippen LogP contribution in [0.25, 0.3) is 0 Å². The molecule has 7 nitrogen and oxygen atoms in total. The van der Waals surface area contributed by atoms with E-state index in [4.69, 9.17) is 0 Å². The Morgan fingerprint density at radius 2 is 2.32 bits per heavy atom. The van der Waals surface area contributed by atoms with Crippen LogP contribution in [0.3, 0.4) is 0 Å². The van der Waals surface area contributed by atoms with Crippen LogP contribution in [-0.4, -0.2) is 43.1 Å². The molecular formula is C11H17N7S. The molecule has 3 heterocycles. The third kappa shape index (κ3) is 2.58. The summed E-state index contributed by atoms with van der Waals surface area (Å²) in [6, 6.07) is 0. The van der Waals surface area contributed by atoms with Gasteiger partial charge in [-0.15, -0.1) is 10.2 Å². The molecule has 0 aliphatic carbocycles. The fourth-order valence-corrected chi connectivity index (χ4v) is 3.14. The van der Waals surface area contributed by atoms with Gasteiger partial charge in [0.25, 0.3) is 0 Å². The zero-order chi connectivity index (χ0) is 13.2. The Kier molecular flexibility index (Phi) is 3.41. The Bertz CT molecular complexity index is 521. The molecule has 0 aromatic carbocycles. The zero-order valence-electron chi connectivity index (χ0n) is 11.1. The SMILES string of the molecule is CC(C)c1nsc(N2CCCC(c3nn[nH]n3)C2)n1. The van der Waals surface area contributed by atoms with E-state index < -0.39 is 0 Å². The number of nitrogens with one attached hydrogen (secondary N) is 1. The Balaban J connectivity index is 1.74. The number of hydrogen-bond donors (Lipinski definition) is 1. The smallest absolute Gasteiger partial charge is 0.205 e. The van der Waals surface area contributed by atoms with Gasteiger partial charge in [-0.3, -0.25) is 0 Å². The molecule has 1 unspecified atom stereocenters. The van der Waals surface area contributed by atoms with Crippen LogP contribution in [-0.2, 0) is 0 Å². The third-order valence-corrected chi connectivity index (χ3v) is 4.16. The second-order valence-corrected chi connectivity index (χ2v) is 5.88. The van der Waals surface area contributed by atoms with E-state index >= 15 is 0 Å². The maximum absolute atomic E-state index is 4.62. The molecule has 19 heavy (non-hydrogen) atoms. The highest BCUT2D eigenvalue weighted by atomic mass is 32.1. The van der Waals surface area contributed by atoms with Crippen molar-refractivity contribution in [2.45, 2.75) is 38.5 Å². The van der Waals surface area contributed by atoms with Gasteiger partial charge in [-0.05, 0) is 12.8 Å². The number of aromatic amines is 1. The fraction of sp³-hybridized carbons (Fsp3) is 0.727. The summed E-state index contributed by atoms with van der Waals surface area (Å²) in [5.41, 5.74) is 0. The number of anilines is 1. The van der Waals surface area contributed by atoms with Gasteiger partial charge in [-0.2, -0.15) is 9.59 Å². The number of rotatable bonds is 3. The molecule has 8 heteroatoms. The van der Waals surface area contributed by atoms with Gasteiger partial charge in [-0.25, -0.2) is 4.98 Å². The predicted octanol–water partition coefficient (Wildman–Crippen LogP) is 1.56. The Hall–Kier alpha value is -1.57. The van der Waals surface area contributed by atoms with Crippen LogP contribution in [0, 0.1) is 0 Å². The highest BCUT2D eigenvalue weighted by Crippen LogP contribution is 2.29. The highest BCUT2D eigenvalue weighted by molar-refractivity contribution is 7.09. The lowest BCUT2D eigenvalue weighted by Gasteiger charge is -2.30. The fourth-order valence-electron chi connectivity index (χ4n) is 2.29. The summed E-state index contributed by atoms with van der Waals surface area (Å²) in [6.45, 7) is 6.15. The van der Waals surface area contributed by atoms with Crippen molar-refractivity contribution in [3.63, 3.8) is 0 Å². The molecule has 1 aliphatic rings. The van der Waals surface area contributed by atoms with Crippen LogP contribution >= 0.6 is 11.5 Å².